The third kappa shape index (κ3) is 4.72. The summed E-state index contributed by atoms with van der Waals surface area (Å²) in [5.41, 5.74) is 1.91. The first-order chi connectivity index (χ1) is 11.2. The second-order valence-electron chi connectivity index (χ2n) is 6.02. The lowest BCUT2D eigenvalue weighted by Gasteiger charge is -2.26. The van der Waals surface area contributed by atoms with Crippen LogP contribution in [0.1, 0.15) is 25.0 Å². The van der Waals surface area contributed by atoms with Crippen molar-refractivity contribution >= 4 is 10.1 Å². The Bertz CT molecular complexity index is 779. The molecule has 2 aromatic carbocycles. The topological polar surface area (TPSA) is 72.8 Å². The molecular formula is C18H22O5S. The Morgan fingerprint density at radius 3 is 2.25 bits per heavy atom. The van der Waals surface area contributed by atoms with Crippen molar-refractivity contribution in [1.29, 1.82) is 0 Å². The SMILES string of the molecule is COc1ccc(C(C)(C)c2cccc(OCCS(=O)(=O)O)c2)cc1. The fraction of sp³-hybridized carbons (Fsp3) is 0.333. The predicted octanol–water partition coefficient (Wildman–Crippen LogP) is 3.29. The molecule has 0 radical (unpaired) electrons. The molecule has 0 atom stereocenters. The lowest BCUT2D eigenvalue weighted by molar-refractivity contribution is 0.335. The molecule has 0 aliphatic carbocycles. The van der Waals surface area contributed by atoms with E-state index in [-0.39, 0.29) is 12.0 Å². The van der Waals surface area contributed by atoms with Gasteiger partial charge in [-0.2, -0.15) is 8.42 Å². The van der Waals surface area contributed by atoms with Gasteiger partial charge in [0.15, 0.2) is 0 Å². The van der Waals surface area contributed by atoms with E-state index >= 15 is 0 Å². The molecule has 0 aliphatic heterocycles. The molecule has 0 fully saturated rings. The summed E-state index contributed by atoms with van der Waals surface area (Å²) in [5, 5.41) is 0. The lowest BCUT2D eigenvalue weighted by Crippen LogP contribution is -2.19. The molecule has 0 saturated carbocycles. The minimum Gasteiger partial charge on any atom is -0.497 e. The van der Waals surface area contributed by atoms with Crippen LogP contribution in [0.25, 0.3) is 0 Å². The molecule has 0 spiro atoms. The summed E-state index contributed by atoms with van der Waals surface area (Å²) in [6.07, 6.45) is 0. The van der Waals surface area contributed by atoms with Crippen molar-refractivity contribution in [1.82, 2.24) is 0 Å². The van der Waals surface area contributed by atoms with E-state index < -0.39 is 15.9 Å². The number of hydrogen-bond donors (Lipinski definition) is 1. The fourth-order valence-electron chi connectivity index (χ4n) is 2.41. The molecular weight excluding hydrogens is 328 g/mol. The average Bonchev–Trinajstić information content (AvgIpc) is 2.54. The van der Waals surface area contributed by atoms with Gasteiger partial charge in [0.2, 0.25) is 0 Å². The van der Waals surface area contributed by atoms with Crippen LogP contribution in [-0.4, -0.2) is 32.4 Å². The zero-order valence-electron chi connectivity index (χ0n) is 14.0. The Morgan fingerprint density at radius 2 is 1.67 bits per heavy atom. The summed E-state index contributed by atoms with van der Waals surface area (Å²) >= 11 is 0. The quantitative estimate of drug-likeness (QED) is 0.776. The Balaban J connectivity index is 2.19. The summed E-state index contributed by atoms with van der Waals surface area (Å²) in [4.78, 5) is 0. The molecule has 2 rings (SSSR count). The van der Waals surface area contributed by atoms with Gasteiger partial charge in [0, 0.05) is 5.41 Å². The molecule has 0 amide bonds. The first kappa shape index (κ1) is 18.3. The summed E-state index contributed by atoms with van der Waals surface area (Å²) in [6.45, 7) is 4.11. The van der Waals surface area contributed by atoms with Crippen molar-refractivity contribution in [2.24, 2.45) is 0 Å². The average molecular weight is 350 g/mol. The summed E-state index contributed by atoms with van der Waals surface area (Å²) < 4.78 is 40.9. The van der Waals surface area contributed by atoms with Gasteiger partial charge in [0.25, 0.3) is 10.1 Å². The molecule has 0 unspecified atom stereocenters. The van der Waals surface area contributed by atoms with Crippen LogP contribution in [0.15, 0.2) is 48.5 Å². The van der Waals surface area contributed by atoms with Gasteiger partial charge in [-0.15, -0.1) is 0 Å². The standard InChI is InChI=1S/C18H22O5S/c1-18(2,14-7-9-16(22-3)10-8-14)15-5-4-6-17(13-15)23-11-12-24(19,20)21/h4-10,13H,11-12H2,1-3H3,(H,19,20,21). The van der Waals surface area contributed by atoms with Crippen molar-refractivity contribution in [2.45, 2.75) is 19.3 Å². The molecule has 24 heavy (non-hydrogen) atoms. The highest BCUT2D eigenvalue weighted by molar-refractivity contribution is 7.85. The minimum absolute atomic E-state index is 0.0920. The summed E-state index contributed by atoms with van der Waals surface area (Å²) in [6, 6.07) is 15.4. The van der Waals surface area contributed by atoms with Crippen molar-refractivity contribution in [2.75, 3.05) is 19.5 Å². The normalized spacial score (nSPS) is 12.0. The molecule has 0 aliphatic rings. The zero-order chi connectivity index (χ0) is 17.8. The first-order valence-corrected chi connectivity index (χ1v) is 9.16. The van der Waals surface area contributed by atoms with Crippen LogP contribution in [0.4, 0.5) is 0 Å². The zero-order valence-corrected chi connectivity index (χ0v) is 14.8. The molecule has 0 heterocycles. The Kier molecular flexibility index (Phi) is 5.51. The summed E-state index contributed by atoms with van der Waals surface area (Å²) in [7, 11) is -2.39. The second-order valence-corrected chi connectivity index (χ2v) is 7.59. The highest BCUT2D eigenvalue weighted by atomic mass is 32.2. The van der Waals surface area contributed by atoms with Gasteiger partial charge in [-0.1, -0.05) is 38.1 Å². The second kappa shape index (κ2) is 7.23. The predicted molar refractivity (Wildman–Crippen MR) is 93.5 cm³/mol. The van der Waals surface area contributed by atoms with E-state index in [2.05, 4.69) is 13.8 Å². The van der Waals surface area contributed by atoms with Crippen molar-refractivity contribution in [3.05, 3.63) is 59.7 Å². The van der Waals surface area contributed by atoms with Crippen LogP contribution in [0.5, 0.6) is 11.5 Å². The summed E-state index contributed by atoms with van der Waals surface area (Å²) in [5.74, 6) is 0.939. The van der Waals surface area contributed by atoms with Crippen molar-refractivity contribution < 1.29 is 22.4 Å². The number of rotatable bonds is 7. The maximum absolute atomic E-state index is 10.8. The monoisotopic (exact) mass is 350 g/mol. The van der Waals surface area contributed by atoms with Crippen LogP contribution < -0.4 is 9.47 Å². The van der Waals surface area contributed by atoms with Crippen molar-refractivity contribution in [3.8, 4) is 11.5 Å². The molecule has 6 heteroatoms. The van der Waals surface area contributed by atoms with E-state index in [1.807, 2.05) is 42.5 Å². The van der Waals surface area contributed by atoms with Crippen LogP contribution in [0, 0.1) is 0 Å². The highest BCUT2D eigenvalue weighted by Crippen LogP contribution is 2.34. The van der Waals surface area contributed by atoms with E-state index in [1.54, 1.807) is 13.2 Å². The van der Waals surface area contributed by atoms with Gasteiger partial charge in [0.05, 0.1) is 7.11 Å². The maximum atomic E-state index is 10.8. The Morgan fingerprint density at radius 1 is 1.00 bits per heavy atom. The van der Waals surface area contributed by atoms with Gasteiger partial charge in [-0.25, -0.2) is 0 Å². The number of ether oxygens (including phenoxy) is 2. The first-order valence-electron chi connectivity index (χ1n) is 7.55. The number of benzene rings is 2. The number of hydrogen-bond acceptors (Lipinski definition) is 4. The van der Waals surface area contributed by atoms with Gasteiger partial charge in [-0.3, -0.25) is 4.55 Å². The van der Waals surface area contributed by atoms with Gasteiger partial charge >= 0.3 is 0 Å². The van der Waals surface area contributed by atoms with E-state index in [0.717, 1.165) is 16.9 Å². The third-order valence-electron chi connectivity index (χ3n) is 3.98. The number of methoxy groups -OCH3 is 1. The minimum atomic E-state index is -4.02. The molecule has 1 N–H and O–H groups in total. The van der Waals surface area contributed by atoms with Crippen LogP contribution >= 0.6 is 0 Å². The largest absolute Gasteiger partial charge is 0.497 e. The van der Waals surface area contributed by atoms with Gasteiger partial charge < -0.3 is 9.47 Å². The van der Waals surface area contributed by atoms with Crippen LogP contribution in [-0.2, 0) is 15.5 Å². The van der Waals surface area contributed by atoms with E-state index in [4.69, 9.17) is 14.0 Å². The van der Waals surface area contributed by atoms with E-state index in [0.29, 0.717) is 5.75 Å². The maximum Gasteiger partial charge on any atom is 0.268 e. The molecule has 0 saturated heterocycles. The van der Waals surface area contributed by atoms with Crippen LogP contribution in [0.2, 0.25) is 0 Å². The van der Waals surface area contributed by atoms with Gasteiger partial charge in [-0.05, 0) is 35.4 Å². The van der Waals surface area contributed by atoms with Crippen molar-refractivity contribution in [3.63, 3.8) is 0 Å². The Labute approximate surface area is 143 Å². The van der Waals surface area contributed by atoms with E-state index in [1.165, 1.54) is 0 Å². The third-order valence-corrected chi connectivity index (χ3v) is 4.66. The molecule has 0 aromatic heterocycles. The highest BCUT2D eigenvalue weighted by Gasteiger charge is 2.23. The van der Waals surface area contributed by atoms with Gasteiger partial charge in [0.1, 0.15) is 23.9 Å². The smallest absolute Gasteiger partial charge is 0.268 e. The van der Waals surface area contributed by atoms with Crippen LogP contribution in [0.3, 0.4) is 0 Å². The molecule has 5 nitrogen and oxygen atoms in total. The Hall–Kier alpha value is -2.05. The molecule has 130 valence electrons. The van der Waals surface area contributed by atoms with E-state index in [9.17, 15) is 8.42 Å². The lowest BCUT2D eigenvalue weighted by atomic mass is 9.78. The molecule has 0 bridgehead atoms. The molecule has 2 aromatic rings. The fourth-order valence-corrected chi connectivity index (χ4v) is 2.71.